The van der Waals surface area contributed by atoms with E-state index in [2.05, 4.69) is 14.7 Å². The fourth-order valence-electron chi connectivity index (χ4n) is 2.00. The Morgan fingerprint density at radius 1 is 1.09 bits per heavy atom. The zero-order chi connectivity index (χ0) is 16.3. The largest absolute Gasteiger partial charge is 1.00 e. The van der Waals surface area contributed by atoms with E-state index < -0.39 is 10.0 Å². The van der Waals surface area contributed by atoms with Crippen molar-refractivity contribution in [3.8, 4) is 0 Å². The van der Waals surface area contributed by atoms with Crippen molar-refractivity contribution >= 4 is 21.5 Å². The van der Waals surface area contributed by atoms with Crippen LogP contribution in [0.15, 0.2) is 29.2 Å². The van der Waals surface area contributed by atoms with Gasteiger partial charge in [-0.25, -0.2) is 8.42 Å². The Labute approximate surface area is 159 Å². The summed E-state index contributed by atoms with van der Waals surface area (Å²) in [4.78, 5) is 8.74. The summed E-state index contributed by atoms with van der Waals surface area (Å²) in [7, 11) is -3.82. The number of nitrogens with two attached hydrogens (primary N) is 1. The van der Waals surface area contributed by atoms with Gasteiger partial charge in [0.2, 0.25) is 10.0 Å². The predicted molar refractivity (Wildman–Crippen MR) is 86.6 cm³/mol. The Bertz CT molecular complexity index is 777. The molecule has 118 valence electrons. The van der Waals surface area contributed by atoms with Gasteiger partial charge >= 0.3 is 29.6 Å². The maximum absolute atomic E-state index is 12.4. The van der Waals surface area contributed by atoms with Crippen molar-refractivity contribution in [3.05, 3.63) is 46.1 Å². The Morgan fingerprint density at radius 3 is 2.22 bits per heavy atom. The molecule has 0 atom stereocenters. The van der Waals surface area contributed by atoms with Crippen LogP contribution in [0, 0.1) is 6.92 Å². The molecular formula is C15H19N4NaO2S. The van der Waals surface area contributed by atoms with Crippen molar-refractivity contribution in [2.75, 3.05) is 5.73 Å². The molecule has 0 saturated carbocycles. The third-order valence-corrected chi connectivity index (χ3v) is 4.58. The molecule has 1 heterocycles. The average Bonchev–Trinajstić information content (AvgIpc) is 2.49. The van der Waals surface area contributed by atoms with Crippen molar-refractivity contribution < 1.29 is 38.0 Å². The number of nitrogen functional groups attached to an aromatic ring is 1. The van der Waals surface area contributed by atoms with Crippen LogP contribution in [0.4, 0.5) is 11.5 Å². The van der Waals surface area contributed by atoms with E-state index in [1.54, 1.807) is 6.92 Å². The molecule has 0 radical (unpaired) electrons. The second kappa shape index (κ2) is 8.10. The minimum Gasteiger partial charge on any atom is -0.423 e. The molecule has 8 heteroatoms. The minimum absolute atomic E-state index is 0. The van der Waals surface area contributed by atoms with E-state index in [1.807, 2.05) is 13.8 Å². The molecule has 0 aliphatic carbocycles. The molecule has 1 aromatic carbocycles. The van der Waals surface area contributed by atoms with Crippen LogP contribution in [0.25, 0.3) is 4.72 Å². The summed E-state index contributed by atoms with van der Waals surface area (Å²) >= 11 is 0. The Hall–Kier alpha value is -1.15. The summed E-state index contributed by atoms with van der Waals surface area (Å²) in [5, 5.41) is 0. The van der Waals surface area contributed by atoms with Crippen molar-refractivity contribution in [3.63, 3.8) is 0 Å². The standard InChI is InChI=1S/C15H19N4O2S.Na/c1-4-13-10(3)15(18-14(5-2)17-13)19-22(20,21)12-8-6-11(16)7-9-12;/h6-9H,4-5,16H2,1-3H3;/q-1;+1. The average molecular weight is 342 g/mol. The zero-order valence-electron chi connectivity index (χ0n) is 13.9. The van der Waals surface area contributed by atoms with Crippen LogP contribution in [-0.4, -0.2) is 18.4 Å². The maximum Gasteiger partial charge on any atom is 1.00 e. The van der Waals surface area contributed by atoms with Crippen LogP contribution in [-0.2, 0) is 22.9 Å². The first kappa shape index (κ1) is 19.9. The molecule has 2 aromatic rings. The van der Waals surface area contributed by atoms with E-state index in [0.717, 1.165) is 5.69 Å². The van der Waals surface area contributed by atoms with Crippen molar-refractivity contribution in [1.29, 1.82) is 0 Å². The number of hydrogen-bond acceptors (Lipinski definition) is 5. The number of aromatic nitrogens is 2. The van der Waals surface area contributed by atoms with E-state index in [1.165, 1.54) is 24.3 Å². The van der Waals surface area contributed by atoms with Gasteiger partial charge in [-0.2, -0.15) is 0 Å². The first-order valence-electron chi connectivity index (χ1n) is 7.07. The summed E-state index contributed by atoms with van der Waals surface area (Å²) in [6, 6.07) is 5.94. The van der Waals surface area contributed by atoms with Crippen LogP contribution in [0.3, 0.4) is 0 Å². The van der Waals surface area contributed by atoms with Gasteiger partial charge in [0.05, 0.1) is 4.90 Å². The van der Waals surface area contributed by atoms with Gasteiger partial charge in [-0.05, 0) is 55.4 Å². The molecule has 2 rings (SSSR count). The zero-order valence-corrected chi connectivity index (χ0v) is 16.7. The Kier molecular flexibility index (Phi) is 7.01. The molecule has 23 heavy (non-hydrogen) atoms. The predicted octanol–water partition coefficient (Wildman–Crippen LogP) is -0.110. The Morgan fingerprint density at radius 2 is 1.70 bits per heavy atom. The number of sulfonamides is 1. The van der Waals surface area contributed by atoms with Crippen molar-refractivity contribution in [1.82, 2.24) is 9.97 Å². The summed E-state index contributed by atoms with van der Waals surface area (Å²) < 4.78 is 28.7. The molecule has 1 aromatic heterocycles. The van der Waals surface area contributed by atoms with Gasteiger partial charge in [0, 0.05) is 17.2 Å². The third kappa shape index (κ3) is 4.67. The van der Waals surface area contributed by atoms with Gasteiger partial charge in [0.1, 0.15) is 0 Å². The van der Waals surface area contributed by atoms with E-state index in [0.29, 0.717) is 29.9 Å². The molecule has 2 N–H and O–H groups in total. The molecule has 0 aliphatic rings. The third-order valence-electron chi connectivity index (χ3n) is 3.30. The number of benzene rings is 1. The molecule has 0 unspecified atom stereocenters. The first-order valence-corrected chi connectivity index (χ1v) is 8.51. The van der Waals surface area contributed by atoms with E-state index >= 15 is 0 Å². The Balaban J connectivity index is 0.00000264. The molecule has 0 saturated heterocycles. The fraction of sp³-hybridized carbons (Fsp3) is 0.333. The van der Waals surface area contributed by atoms with Gasteiger partial charge < -0.3 is 15.4 Å². The number of aryl methyl sites for hydroxylation is 2. The maximum atomic E-state index is 12.4. The van der Waals surface area contributed by atoms with Gasteiger partial charge in [-0.3, -0.25) is 4.98 Å². The first-order chi connectivity index (χ1) is 10.4. The van der Waals surface area contributed by atoms with Gasteiger partial charge in [-0.1, -0.05) is 13.8 Å². The SMILES string of the molecule is CCc1nc(CC)c(C)c([N-]S(=O)(=O)c2ccc(N)cc2)n1.[Na+]. The van der Waals surface area contributed by atoms with E-state index in [9.17, 15) is 8.42 Å². The van der Waals surface area contributed by atoms with Crippen LogP contribution in [0.5, 0.6) is 0 Å². The second-order valence-corrected chi connectivity index (χ2v) is 6.48. The summed E-state index contributed by atoms with van der Waals surface area (Å²) in [6.07, 6.45) is 1.32. The second-order valence-electron chi connectivity index (χ2n) is 4.88. The topological polar surface area (TPSA) is 100 Å². The molecule has 0 aliphatic heterocycles. The fourth-order valence-corrected chi connectivity index (χ4v) is 2.99. The van der Waals surface area contributed by atoms with E-state index in [4.69, 9.17) is 5.73 Å². The van der Waals surface area contributed by atoms with Gasteiger partial charge in [0.25, 0.3) is 0 Å². The van der Waals surface area contributed by atoms with Crippen LogP contribution >= 0.6 is 0 Å². The van der Waals surface area contributed by atoms with Crippen LogP contribution in [0.1, 0.15) is 30.9 Å². The summed E-state index contributed by atoms with van der Waals surface area (Å²) in [5.41, 5.74) is 7.59. The normalized spacial score (nSPS) is 10.9. The quantitative estimate of drug-likeness (QED) is 0.604. The molecule has 0 amide bonds. The van der Waals surface area contributed by atoms with Crippen LogP contribution < -0.4 is 35.3 Å². The molecular weight excluding hydrogens is 323 g/mol. The number of anilines is 1. The summed E-state index contributed by atoms with van der Waals surface area (Å²) in [6.45, 7) is 5.67. The van der Waals surface area contributed by atoms with Crippen molar-refractivity contribution in [2.24, 2.45) is 0 Å². The van der Waals surface area contributed by atoms with Crippen LogP contribution in [0.2, 0.25) is 0 Å². The van der Waals surface area contributed by atoms with E-state index in [-0.39, 0.29) is 40.3 Å². The number of rotatable bonds is 5. The van der Waals surface area contributed by atoms with Gasteiger partial charge in [0.15, 0.2) is 0 Å². The number of hydrogen-bond donors (Lipinski definition) is 1. The minimum atomic E-state index is -3.82. The monoisotopic (exact) mass is 342 g/mol. The molecule has 0 bridgehead atoms. The smallest absolute Gasteiger partial charge is 0.423 e. The molecule has 0 spiro atoms. The number of nitrogens with zero attached hydrogens (tertiary/aromatic N) is 3. The molecule has 0 fully saturated rings. The van der Waals surface area contributed by atoms with Gasteiger partial charge in [-0.15, -0.1) is 0 Å². The van der Waals surface area contributed by atoms with Crippen molar-refractivity contribution in [2.45, 2.75) is 38.5 Å². The summed E-state index contributed by atoms with van der Waals surface area (Å²) in [5.74, 6) is 0.800. The molecule has 6 nitrogen and oxygen atoms in total.